The van der Waals surface area contributed by atoms with Crippen molar-refractivity contribution >= 4 is 11.9 Å². The van der Waals surface area contributed by atoms with Gasteiger partial charge in [0.15, 0.2) is 5.69 Å². The number of nitrogens with zero attached hydrogens (tertiary/aromatic N) is 2. The van der Waals surface area contributed by atoms with Gasteiger partial charge in [0, 0.05) is 6.54 Å². The highest BCUT2D eigenvalue weighted by Gasteiger charge is 2.21. The van der Waals surface area contributed by atoms with E-state index in [9.17, 15) is 9.59 Å². The summed E-state index contributed by atoms with van der Waals surface area (Å²) in [4.78, 5) is 30.0. The summed E-state index contributed by atoms with van der Waals surface area (Å²) >= 11 is 0. The Morgan fingerprint density at radius 3 is 2.25 bits per heavy atom. The van der Waals surface area contributed by atoms with E-state index in [1.807, 2.05) is 0 Å². The maximum absolute atomic E-state index is 11.9. The van der Waals surface area contributed by atoms with Crippen molar-refractivity contribution in [3.8, 4) is 0 Å². The lowest BCUT2D eigenvalue weighted by Crippen LogP contribution is -2.35. The van der Waals surface area contributed by atoms with E-state index in [0.717, 1.165) is 12.6 Å². The standard InChI is InChI=1S/C14H21N3O3/c1-9(2)5-14(3,4)8-17-12(18)10-6-16-11(7-15-10)13(19)20/h6-7,9H,5,8H2,1-4H3,(H,17,18)(H,19,20). The molecule has 0 fully saturated rings. The lowest BCUT2D eigenvalue weighted by atomic mass is 9.84. The van der Waals surface area contributed by atoms with Crippen LogP contribution in [0.15, 0.2) is 12.4 Å². The maximum Gasteiger partial charge on any atom is 0.356 e. The van der Waals surface area contributed by atoms with Crippen LogP contribution in [-0.4, -0.2) is 33.5 Å². The summed E-state index contributed by atoms with van der Waals surface area (Å²) in [7, 11) is 0. The molecule has 6 nitrogen and oxygen atoms in total. The SMILES string of the molecule is CC(C)CC(C)(C)CNC(=O)c1cnc(C(=O)O)cn1. The van der Waals surface area contributed by atoms with Gasteiger partial charge in [0.1, 0.15) is 5.69 Å². The van der Waals surface area contributed by atoms with Crippen LogP contribution in [0.2, 0.25) is 0 Å². The highest BCUT2D eigenvalue weighted by molar-refractivity contribution is 5.92. The third-order valence-corrected chi connectivity index (χ3v) is 2.79. The molecule has 0 aliphatic carbocycles. The molecule has 110 valence electrons. The molecular weight excluding hydrogens is 258 g/mol. The normalized spacial score (nSPS) is 11.4. The van der Waals surface area contributed by atoms with Crippen molar-refractivity contribution in [2.75, 3.05) is 6.54 Å². The number of carbonyl (C=O) groups excluding carboxylic acids is 1. The quantitative estimate of drug-likeness (QED) is 0.830. The first-order valence-corrected chi connectivity index (χ1v) is 6.55. The second kappa shape index (κ2) is 6.45. The Kier molecular flexibility index (Phi) is 5.19. The fraction of sp³-hybridized carbons (Fsp3) is 0.571. The zero-order valence-electron chi connectivity index (χ0n) is 12.3. The maximum atomic E-state index is 11.9. The van der Waals surface area contributed by atoms with Gasteiger partial charge in [-0.3, -0.25) is 4.79 Å². The zero-order chi connectivity index (χ0) is 15.3. The smallest absolute Gasteiger partial charge is 0.356 e. The number of carbonyl (C=O) groups is 2. The van der Waals surface area contributed by atoms with Crippen molar-refractivity contribution in [1.82, 2.24) is 15.3 Å². The lowest BCUT2D eigenvalue weighted by molar-refractivity contribution is 0.0689. The molecule has 0 aliphatic rings. The van der Waals surface area contributed by atoms with Gasteiger partial charge in [0.05, 0.1) is 12.4 Å². The molecule has 0 saturated heterocycles. The molecule has 0 atom stereocenters. The first-order chi connectivity index (χ1) is 9.21. The van der Waals surface area contributed by atoms with Crippen LogP contribution in [0, 0.1) is 11.3 Å². The van der Waals surface area contributed by atoms with Crippen LogP contribution in [0.1, 0.15) is 55.1 Å². The first-order valence-electron chi connectivity index (χ1n) is 6.55. The number of carboxylic acids is 1. The van der Waals surface area contributed by atoms with Gasteiger partial charge in [-0.05, 0) is 17.8 Å². The molecule has 0 unspecified atom stereocenters. The van der Waals surface area contributed by atoms with Crippen LogP contribution in [0.4, 0.5) is 0 Å². The number of aromatic carboxylic acids is 1. The van der Waals surface area contributed by atoms with Crippen molar-refractivity contribution < 1.29 is 14.7 Å². The Morgan fingerprint density at radius 2 is 1.80 bits per heavy atom. The summed E-state index contributed by atoms with van der Waals surface area (Å²) < 4.78 is 0. The summed E-state index contributed by atoms with van der Waals surface area (Å²) in [6, 6.07) is 0. The molecule has 0 aliphatic heterocycles. The molecular formula is C14H21N3O3. The third-order valence-electron chi connectivity index (χ3n) is 2.79. The fourth-order valence-corrected chi connectivity index (χ4v) is 2.14. The van der Waals surface area contributed by atoms with Crippen molar-refractivity contribution in [2.24, 2.45) is 11.3 Å². The Morgan fingerprint density at radius 1 is 1.25 bits per heavy atom. The van der Waals surface area contributed by atoms with Crippen LogP contribution in [0.3, 0.4) is 0 Å². The number of nitrogens with one attached hydrogen (secondary N) is 1. The van der Waals surface area contributed by atoms with Gasteiger partial charge in [-0.1, -0.05) is 27.7 Å². The Bertz CT molecular complexity index is 481. The lowest BCUT2D eigenvalue weighted by Gasteiger charge is -2.26. The molecule has 1 amide bonds. The molecule has 0 aromatic carbocycles. The summed E-state index contributed by atoms with van der Waals surface area (Å²) in [5.41, 5.74) is -0.0600. The van der Waals surface area contributed by atoms with Crippen molar-refractivity contribution in [2.45, 2.75) is 34.1 Å². The van der Waals surface area contributed by atoms with Gasteiger partial charge in [-0.15, -0.1) is 0 Å². The van der Waals surface area contributed by atoms with Gasteiger partial charge in [0.25, 0.3) is 5.91 Å². The molecule has 2 N–H and O–H groups in total. The molecule has 0 bridgehead atoms. The first kappa shape index (κ1) is 16.1. The van der Waals surface area contributed by atoms with Crippen molar-refractivity contribution in [1.29, 1.82) is 0 Å². The van der Waals surface area contributed by atoms with E-state index in [2.05, 4.69) is 43.0 Å². The van der Waals surface area contributed by atoms with E-state index in [-0.39, 0.29) is 22.7 Å². The van der Waals surface area contributed by atoms with Gasteiger partial charge < -0.3 is 10.4 Å². The Balaban J connectivity index is 2.61. The second-order valence-electron chi connectivity index (χ2n) is 6.04. The Labute approximate surface area is 118 Å². The summed E-state index contributed by atoms with van der Waals surface area (Å²) in [5.74, 6) is -0.953. The van der Waals surface area contributed by atoms with E-state index in [0.29, 0.717) is 12.5 Å². The molecule has 1 rings (SSSR count). The number of hydrogen-bond acceptors (Lipinski definition) is 4. The van der Waals surface area contributed by atoms with E-state index in [1.165, 1.54) is 6.20 Å². The van der Waals surface area contributed by atoms with Gasteiger partial charge in [-0.25, -0.2) is 14.8 Å². The number of hydrogen-bond donors (Lipinski definition) is 2. The minimum absolute atomic E-state index is 0.00173. The minimum atomic E-state index is -1.16. The van der Waals surface area contributed by atoms with E-state index < -0.39 is 5.97 Å². The number of aromatic nitrogens is 2. The van der Waals surface area contributed by atoms with Crippen LogP contribution in [-0.2, 0) is 0 Å². The summed E-state index contributed by atoms with van der Waals surface area (Å²) in [5, 5.41) is 11.5. The van der Waals surface area contributed by atoms with E-state index >= 15 is 0 Å². The molecule has 1 heterocycles. The number of amides is 1. The van der Waals surface area contributed by atoms with Gasteiger partial charge >= 0.3 is 5.97 Å². The third kappa shape index (κ3) is 4.95. The molecule has 0 saturated carbocycles. The highest BCUT2D eigenvalue weighted by atomic mass is 16.4. The average Bonchev–Trinajstić information content (AvgIpc) is 2.34. The molecule has 1 aromatic heterocycles. The fourth-order valence-electron chi connectivity index (χ4n) is 2.14. The Hall–Kier alpha value is -1.98. The van der Waals surface area contributed by atoms with Crippen LogP contribution < -0.4 is 5.32 Å². The second-order valence-corrected chi connectivity index (χ2v) is 6.04. The molecule has 0 spiro atoms. The van der Waals surface area contributed by atoms with Crippen molar-refractivity contribution in [3.05, 3.63) is 23.8 Å². The van der Waals surface area contributed by atoms with E-state index in [1.54, 1.807) is 0 Å². The van der Waals surface area contributed by atoms with Crippen LogP contribution in [0.5, 0.6) is 0 Å². The summed E-state index contributed by atoms with van der Waals surface area (Å²) in [6.07, 6.45) is 3.25. The minimum Gasteiger partial charge on any atom is -0.476 e. The number of rotatable bonds is 6. The van der Waals surface area contributed by atoms with Crippen LogP contribution in [0.25, 0.3) is 0 Å². The molecule has 1 aromatic rings. The molecule has 20 heavy (non-hydrogen) atoms. The predicted molar refractivity (Wildman–Crippen MR) is 74.6 cm³/mol. The highest BCUT2D eigenvalue weighted by Crippen LogP contribution is 2.24. The van der Waals surface area contributed by atoms with E-state index in [4.69, 9.17) is 5.11 Å². The topological polar surface area (TPSA) is 92.2 Å². The largest absolute Gasteiger partial charge is 0.476 e. The molecule has 0 radical (unpaired) electrons. The number of carboxylic acid groups (broad SMARTS) is 1. The van der Waals surface area contributed by atoms with Gasteiger partial charge in [0.2, 0.25) is 0 Å². The summed E-state index contributed by atoms with van der Waals surface area (Å²) in [6.45, 7) is 8.99. The monoisotopic (exact) mass is 279 g/mol. The van der Waals surface area contributed by atoms with Crippen LogP contribution >= 0.6 is 0 Å². The van der Waals surface area contributed by atoms with Gasteiger partial charge in [-0.2, -0.15) is 0 Å². The molecule has 6 heteroatoms. The zero-order valence-corrected chi connectivity index (χ0v) is 12.3. The average molecular weight is 279 g/mol. The van der Waals surface area contributed by atoms with Crippen molar-refractivity contribution in [3.63, 3.8) is 0 Å². The predicted octanol–water partition coefficient (Wildman–Crippen LogP) is 1.98.